The summed E-state index contributed by atoms with van der Waals surface area (Å²) >= 11 is 0. The van der Waals surface area contributed by atoms with Gasteiger partial charge >= 0.3 is 0 Å². The Bertz CT molecular complexity index is 625. The van der Waals surface area contributed by atoms with Gasteiger partial charge in [0.25, 0.3) is 0 Å². The van der Waals surface area contributed by atoms with E-state index in [1.165, 1.54) is 0 Å². The van der Waals surface area contributed by atoms with E-state index in [4.69, 9.17) is 0 Å². The van der Waals surface area contributed by atoms with Gasteiger partial charge in [0.15, 0.2) is 0 Å². The maximum absolute atomic E-state index is 9.56. The van der Waals surface area contributed by atoms with Crippen molar-refractivity contribution in [2.75, 3.05) is 5.32 Å². The maximum Gasteiger partial charge on any atom is 0.145 e. The molecule has 5 nitrogen and oxygen atoms in total. The largest absolute Gasteiger partial charge is 0.393 e. The fourth-order valence-corrected chi connectivity index (χ4v) is 2.83. The Hall–Kier alpha value is -1.98. The SMILES string of the molecule is OCc1cccc(-c2cncc(NC3CCC(O)CC3)n2)c1. The van der Waals surface area contributed by atoms with Gasteiger partial charge in [0, 0.05) is 11.6 Å². The highest BCUT2D eigenvalue weighted by Crippen LogP contribution is 2.23. The molecule has 0 saturated heterocycles. The van der Waals surface area contributed by atoms with Crippen molar-refractivity contribution in [3.63, 3.8) is 0 Å². The van der Waals surface area contributed by atoms with E-state index in [9.17, 15) is 10.2 Å². The smallest absolute Gasteiger partial charge is 0.145 e. The molecule has 3 rings (SSSR count). The average molecular weight is 299 g/mol. The molecule has 22 heavy (non-hydrogen) atoms. The summed E-state index contributed by atoms with van der Waals surface area (Å²) in [5.74, 6) is 0.758. The Morgan fingerprint density at radius 3 is 2.73 bits per heavy atom. The van der Waals surface area contributed by atoms with Crippen LogP contribution in [0.4, 0.5) is 5.82 Å². The summed E-state index contributed by atoms with van der Waals surface area (Å²) in [4.78, 5) is 8.87. The molecule has 3 N–H and O–H groups in total. The molecule has 0 radical (unpaired) electrons. The third-order valence-corrected chi connectivity index (χ3v) is 4.09. The van der Waals surface area contributed by atoms with Crippen LogP contribution in [-0.2, 0) is 6.61 Å². The second kappa shape index (κ2) is 6.85. The van der Waals surface area contributed by atoms with E-state index < -0.39 is 0 Å². The lowest BCUT2D eigenvalue weighted by molar-refractivity contribution is 0.126. The lowest BCUT2D eigenvalue weighted by atomic mass is 9.93. The van der Waals surface area contributed by atoms with Crippen molar-refractivity contribution < 1.29 is 10.2 Å². The molecule has 1 aliphatic carbocycles. The van der Waals surface area contributed by atoms with Crippen LogP contribution >= 0.6 is 0 Å². The van der Waals surface area contributed by atoms with Gasteiger partial charge in [-0.1, -0.05) is 18.2 Å². The Balaban J connectivity index is 1.74. The van der Waals surface area contributed by atoms with Crippen LogP contribution in [0.5, 0.6) is 0 Å². The first kappa shape index (κ1) is 14.9. The van der Waals surface area contributed by atoms with Crippen LogP contribution < -0.4 is 5.32 Å². The highest BCUT2D eigenvalue weighted by atomic mass is 16.3. The summed E-state index contributed by atoms with van der Waals surface area (Å²) in [5, 5.41) is 22.2. The van der Waals surface area contributed by atoms with Crippen molar-refractivity contribution in [3.8, 4) is 11.3 Å². The second-order valence-electron chi connectivity index (χ2n) is 5.80. The van der Waals surface area contributed by atoms with Crippen molar-refractivity contribution in [2.24, 2.45) is 0 Å². The normalized spacial score (nSPS) is 21.5. The number of benzene rings is 1. The monoisotopic (exact) mass is 299 g/mol. The van der Waals surface area contributed by atoms with E-state index in [0.717, 1.165) is 48.3 Å². The molecule has 1 aliphatic rings. The predicted molar refractivity (Wildman–Crippen MR) is 85.3 cm³/mol. The van der Waals surface area contributed by atoms with Crippen LogP contribution in [0, 0.1) is 0 Å². The highest BCUT2D eigenvalue weighted by molar-refractivity contribution is 5.60. The fourth-order valence-electron chi connectivity index (χ4n) is 2.83. The van der Waals surface area contributed by atoms with E-state index in [2.05, 4.69) is 15.3 Å². The summed E-state index contributed by atoms with van der Waals surface area (Å²) < 4.78 is 0. The molecule has 0 aliphatic heterocycles. The maximum atomic E-state index is 9.56. The lowest BCUT2D eigenvalue weighted by Gasteiger charge is -2.26. The van der Waals surface area contributed by atoms with Crippen LogP contribution in [0.2, 0.25) is 0 Å². The highest BCUT2D eigenvalue weighted by Gasteiger charge is 2.19. The van der Waals surface area contributed by atoms with Crippen molar-refractivity contribution in [3.05, 3.63) is 42.2 Å². The van der Waals surface area contributed by atoms with Crippen molar-refractivity contribution >= 4 is 5.82 Å². The van der Waals surface area contributed by atoms with Crippen LogP contribution in [-0.4, -0.2) is 32.3 Å². The zero-order valence-corrected chi connectivity index (χ0v) is 12.4. The molecular formula is C17H21N3O2. The van der Waals surface area contributed by atoms with Gasteiger partial charge in [0.05, 0.1) is 30.8 Å². The topological polar surface area (TPSA) is 78.3 Å². The molecular weight excluding hydrogens is 278 g/mol. The van der Waals surface area contributed by atoms with Gasteiger partial charge in [0.2, 0.25) is 0 Å². The van der Waals surface area contributed by atoms with Crippen LogP contribution in [0.25, 0.3) is 11.3 Å². The molecule has 1 fully saturated rings. The van der Waals surface area contributed by atoms with Gasteiger partial charge in [-0.3, -0.25) is 4.98 Å². The van der Waals surface area contributed by atoms with Gasteiger partial charge < -0.3 is 15.5 Å². The first-order valence-electron chi connectivity index (χ1n) is 7.71. The van der Waals surface area contributed by atoms with Gasteiger partial charge in [0.1, 0.15) is 5.82 Å². The molecule has 0 atom stereocenters. The van der Waals surface area contributed by atoms with Crippen molar-refractivity contribution in [1.29, 1.82) is 0 Å². The minimum absolute atomic E-state index is 0.0175. The quantitative estimate of drug-likeness (QED) is 0.807. The summed E-state index contributed by atoms with van der Waals surface area (Å²) in [5.41, 5.74) is 2.59. The molecule has 0 unspecified atom stereocenters. The Morgan fingerprint density at radius 2 is 1.95 bits per heavy atom. The average Bonchev–Trinajstić information content (AvgIpc) is 2.57. The molecule has 116 valence electrons. The van der Waals surface area contributed by atoms with Gasteiger partial charge in [-0.05, 0) is 37.3 Å². The number of hydrogen-bond acceptors (Lipinski definition) is 5. The van der Waals surface area contributed by atoms with Crippen LogP contribution in [0.3, 0.4) is 0 Å². The Kier molecular flexibility index (Phi) is 4.65. The van der Waals surface area contributed by atoms with Crippen LogP contribution in [0.15, 0.2) is 36.7 Å². The van der Waals surface area contributed by atoms with Crippen molar-refractivity contribution in [1.82, 2.24) is 9.97 Å². The van der Waals surface area contributed by atoms with Gasteiger partial charge in [-0.15, -0.1) is 0 Å². The number of nitrogens with one attached hydrogen (secondary N) is 1. The van der Waals surface area contributed by atoms with E-state index in [1.54, 1.807) is 12.4 Å². The van der Waals surface area contributed by atoms with E-state index in [0.29, 0.717) is 6.04 Å². The molecule has 5 heteroatoms. The first-order chi connectivity index (χ1) is 10.7. The van der Waals surface area contributed by atoms with Gasteiger partial charge in [-0.25, -0.2) is 4.98 Å². The minimum Gasteiger partial charge on any atom is -0.393 e. The molecule has 1 saturated carbocycles. The molecule has 1 heterocycles. The Morgan fingerprint density at radius 1 is 1.14 bits per heavy atom. The number of aromatic nitrogens is 2. The third kappa shape index (κ3) is 3.61. The minimum atomic E-state index is -0.156. The number of rotatable bonds is 4. The fraction of sp³-hybridized carbons (Fsp3) is 0.412. The number of aliphatic hydroxyl groups excluding tert-OH is 2. The Labute approximate surface area is 130 Å². The summed E-state index contributed by atoms with van der Waals surface area (Å²) in [6.45, 7) is 0.0175. The zero-order chi connectivity index (χ0) is 15.4. The standard InChI is InChI=1S/C17H21N3O2/c21-11-12-2-1-3-13(8-12)16-9-18-10-17(20-16)19-14-4-6-15(22)7-5-14/h1-3,8-10,14-15,21-22H,4-7,11H2,(H,19,20). The molecule has 0 spiro atoms. The number of hydrogen-bond donors (Lipinski definition) is 3. The van der Waals surface area contributed by atoms with Crippen LogP contribution in [0.1, 0.15) is 31.2 Å². The summed E-state index contributed by atoms with van der Waals surface area (Å²) in [7, 11) is 0. The molecule has 0 bridgehead atoms. The predicted octanol–water partition coefficient (Wildman–Crippen LogP) is 2.35. The molecule has 0 amide bonds. The second-order valence-corrected chi connectivity index (χ2v) is 5.80. The van der Waals surface area contributed by atoms with Gasteiger partial charge in [-0.2, -0.15) is 0 Å². The number of aliphatic hydroxyl groups is 2. The molecule has 1 aromatic carbocycles. The number of anilines is 1. The molecule has 2 aromatic rings. The lowest BCUT2D eigenvalue weighted by Crippen LogP contribution is -2.28. The number of nitrogens with zero attached hydrogens (tertiary/aromatic N) is 2. The van der Waals surface area contributed by atoms with E-state index >= 15 is 0 Å². The first-order valence-corrected chi connectivity index (χ1v) is 7.71. The molecule has 1 aromatic heterocycles. The zero-order valence-electron chi connectivity index (χ0n) is 12.4. The summed E-state index contributed by atoms with van der Waals surface area (Å²) in [6, 6.07) is 8.02. The summed E-state index contributed by atoms with van der Waals surface area (Å²) in [6.07, 6.45) is 6.88. The van der Waals surface area contributed by atoms with Crippen molar-refractivity contribution in [2.45, 2.75) is 44.4 Å². The van der Waals surface area contributed by atoms with E-state index in [1.807, 2.05) is 24.3 Å². The van der Waals surface area contributed by atoms with E-state index in [-0.39, 0.29) is 12.7 Å². The third-order valence-electron chi connectivity index (χ3n) is 4.09.